The Kier molecular flexibility index (Phi) is 4.51. The monoisotopic (exact) mass is 242 g/mol. The molecule has 1 fully saturated rings. The average molecular weight is 242 g/mol. The lowest BCUT2D eigenvalue weighted by Crippen LogP contribution is -2.52. The number of likely N-dealkylation sites (tertiary alicyclic amines) is 1. The van der Waals surface area contributed by atoms with Gasteiger partial charge in [0.2, 0.25) is 5.91 Å². The molecule has 1 N–H and O–H groups in total. The molecule has 98 valence electrons. The number of amides is 1. The van der Waals surface area contributed by atoms with Crippen LogP contribution in [0.2, 0.25) is 0 Å². The summed E-state index contributed by atoms with van der Waals surface area (Å²) < 4.78 is 0. The fourth-order valence-corrected chi connectivity index (χ4v) is 2.51. The van der Waals surface area contributed by atoms with Crippen LogP contribution in [0.25, 0.3) is 0 Å². The SMILES string of the molecule is CC1CC(C(=O)O)CCN1C(C)C(=O)N(C)C. The Balaban J connectivity index is 2.63. The van der Waals surface area contributed by atoms with Gasteiger partial charge in [-0.25, -0.2) is 0 Å². The van der Waals surface area contributed by atoms with Crippen molar-refractivity contribution in [3.63, 3.8) is 0 Å². The maximum atomic E-state index is 11.9. The molecule has 1 rings (SSSR count). The van der Waals surface area contributed by atoms with E-state index in [1.54, 1.807) is 19.0 Å². The van der Waals surface area contributed by atoms with Crippen LogP contribution in [0.15, 0.2) is 0 Å². The fraction of sp³-hybridized carbons (Fsp3) is 0.833. The molecule has 5 nitrogen and oxygen atoms in total. The highest BCUT2D eigenvalue weighted by atomic mass is 16.4. The van der Waals surface area contributed by atoms with E-state index in [1.165, 1.54) is 0 Å². The minimum absolute atomic E-state index is 0.0747. The maximum absolute atomic E-state index is 11.9. The van der Waals surface area contributed by atoms with Gasteiger partial charge in [-0.3, -0.25) is 14.5 Å². The molecule has 1 saturated heterocycles. The second kappa shape index (κ2) is 5.49. The van der Waals surface area contributed by atoms with Gasteiger partial charge in [0.25, 0.3) is 0 Å². The van der Waals surface area contributed by atoms with E-state index in [2.05, 4.69) is 4.90 Å². The topological polar surface area (TPSA) is 60.9 Å². The zero-order chi connectivity index (χ0) is 13.2. The molecule has 0 radical (unpaired) electrons. The second-order valence-electron chi connectivity index (χ2n) is 5.06. The Morgan fingerprint density at radius 3 is 2.41 bits per heavy atom. The number of likely N-dealkylation sites (N-methyl/N-ethyl adjacent to an activating group) is 1. The van der Waals surface area contributed by atoms with Gasteiger partial charge in [-0.2, -0.15) is 0 Å². The van der Waals surface area contributed by atoms with Crippen LogP contribution in [0.3, 0.4) is 0 Å². The summed E-state index contributed by atoms with van der Waals surface area (Å²) in [4.78, 5) is 26.5. The van der Waals surface area contributed by atoms with E-state index in [1.807, 2.05) is 13.8 Å². The minimum Gasteiger partial charge on any atom is -0.481 e. The summed E-state index contributed by atoms with van der Waals surface area (Å²) in [5, 5.41) is 8.98. The quantitative estimate of drug-likeness (QED) is 0.789. The van der Waals surface area contributed by atoms with Crippen molar-refractivity contribution in [1.82, 2.24) is 9.80 Å². The van der Waals surface area contributed by atoms with Gasteiger partial charge in [-0.05, 0) is 26.7 Å². The summed E-state index contributed by atoms with van der Waals surface area (Å²) in [6.07, 6.45) is 1.26. The summed E-state index contributed by atoms with van der Waals surface area (Å²) in [5.74, 6) is -0.906. The number of rotatable bonds is 3. The number of carboxylic acid groups (broad SMARTS) is 1. The molecule has 0 aromatic heterocycles. The predicted octanol–water partition coefficient (Wildman–Crippen LogP) is 0.648. The summed E-state index contributed by atoms with van der Waals surface area (Å²) in [6.45, 7) is 4.56. The third kappa shape index (κ3) is 3.19. The zero-order valence-electron chi connectivity index (χ0n) is 11.0. The Labute approximate surface area is 102 Å². The van der Waals surface area contributed by atoms with Crippen LogP contribution in [-0.4, -0.2) is 59.5 Å². The summed E-state index contributed by atoms with van der Waals surface area (Å²) in [6, 6.07) is -0.0292. The van der Waals surface area contributed by atoms with Crippen molar-refractivity contribution in [1.29, 1.82) is 0 Å². The molecule has 0 spiro atoms. The van der Waals surface area contributed by atoms with Gasteiger partial charge in [0.05, 0.1) is 12.0 Å². The third-order valence-corrected chi connectivity index (χ3v) is 3.57. The van der Waals surface area contributed by atoms with E-state index in [-0.39, 0.29) is 23.9 Å². The standard InChI is InChI=1S/C12H22N2O3/c1-8-7-10(12(16)17)5-6-14(8)9(2)11(15)13(3)4/h8-10H,5-7H2,1-4H3,(H,16,17). The first-order valence-corrected chi connectivity index (χ1v) is 6.04. The molecule has 5 heteroatoms. The molecule has 1 amide bonds. The Bertz CT molecular complexity index is 304. The lowest BCUT2D eigenvalue weighted by Gasteiger charge is -2.40. The molecule has 1 aliphatic rings. The van der Waals surface area contributed by atoms with Crippen LogP contribution >= 0.6 is 0 Å². The van der Waals surface area contributed by atoms with E-state index < -0.39 is 5.97 Å². The van der Waals surface area contributed by atoms with Gasteiger partial charge in [0, 0.05) is 26.7 Å². The number of hydrogen-bond donors (Lipinski definition) is 1. The number of aliphatic carboxylic acids is 1. The van der Waals surface area contributed by atoms with Crippen LogP contribution in [-0.2, 0) is 9.59 Å². The summed E-state index contributed by atoms with van der Waals surface area (Å²) in [7, 11) is 3.49. The highest BCUT2D eigenvalue weighted by Gasteiger charge is 2.34. The second-order valence-corrected chi connectivity index (χ2v) is 5.06. The van der Waals surface area contributed by atoms with Crippen LogP contribution in [0.4, 0.5) is 0 Å². The molecule has 3 unspecified atom stereocenters. The number of carbonyl (C=O) groups is 2. The molecule has 0 bridgehead atoms. The van der Waals surface area contributed by atoms with Crippen molar-refractivity contribution in [3.8, 4) is 0 Å². The lowest BCUT2D eigenvalue weighted by atomic mass is 9.90. The highest BCUT2D eigenvalue weighted by Crippen LogP contribution is 2.25. The first-order chi connectivity index (χ1) is 7.84. The minimum atomic E-state index is -0.719. The normalized spacial score (nSPS) is 27.5. The van der Waals surface area contributed by atoms with E-state index in [9.17, 15) is 9.59 Å². The number of nitrogens with zero attached hydrogens (tertiary/aromatic N) is 2. The van der Waals surface area contributed by atoms with Gasteiger partial charge >= 0.3 is 5.97 Å². The Morgan fingerprint density at radius 1 is 1.41 bits per heavy atom. The Morgan fingerprint density at radius 2 is 2.00 bits per heavy atom. The molecule has 0 aromatic carbocycles. The van der Waals surface area contributed by atoms with E-state index >= 15 is 0 Å². The van der Waals surface area contributed by atoms with E-state index in [0.29, 0.717) is 19.4 Å². The van der Waals surface area contributed by atoms with Gasteiger partial charge in [0.15, 0.2) is 0 Å². The van der Waals surface area contributed by atoms with Crippen LogP contribution in [0.5, 0.6) is 0 Å². The van der Waals surface area contributed by atoms with Gasteiger partial charge in [-0.15, -0.1) is 0 Å². The summed E-state index contributed by atoms with van der Waals surface area (Å²) in [5.41, 5.74) is 0. The number of piperidine rings is 1. The van der Waals surface area contributed by atoms with E-state index in [0.717, 1.165) is 0 Å². The number of carbonyl (C=O) groups excluding carboxylic acids is 1. The number of hydrogen-bond acceptors (Lipinski definition) is 3. The maximum Gasteiger partial charge on any atom is 0.306 e. The third-order valence-electron chi connectivity index (χ3n) is 3.57. The first kappa shape index (κ1) is 14.0. The van der Waals surface area contributed by atoms with Crippen molar-refractivity contribution in [2.45, 2.75) is 38.8 Å². The van der Waals surface area contributed by atoms with Crippen molar-refractivity contribution in [2.75, 3.05) is 20.6 Å². The smallest absolute Gasteiger partial charge is 0.306 e. The molecule has 0 aromatic rings. The molecule has 3 atom stereocenters. The molecular weight excluding hydrogens is 220 g/mol. The Hall–Kier alpha value is -1.10. The molecular formula is C12H22N2O3. The largest absolute Gasteiger partial charge is 0.481 e. The molecule has 0 aliphatic carbocycles. The number of carboxylic acids is 1. The van der Waals surface area contributed by atoms with Crippen LogP contribution in [0.1, 0.15) is 26.7 Å². The van der Waals surface area contributed by atoms with Gasteiger partial charge < -0.3 is 10.0 Å². The molecule has 0 saturated carbocycles. The molecule has 1 aliphatic heterocycles. The van der Waals surface area contributed by atoms with Gasteiger partial charge in [-0.1, -0.05) is 0 Å². The van der Waals surface area contributed by atoms with Crippen molar-refractivity contribution < 1.29 is 14.7 Å². The predicted molar refractivity (Wildman–Crippen MR) is 64.7 cm³/mol. The van der Waals surface area contributed by atoms with Crippen molar-refractivity contribution >= 4 is 11.9 Å². The van der Waals surface area contributed by atoms with E-state index in [4.69, 9.17) is 5.11 Å². The molecule has 17 heavy (non-hydrogen) atoms. The lowest BCUT2D eigenvalue weighted by molar-refractivity contribution is -0.145. The highest BCUT2D eigenvalue weighted by molar-refractivity contribution is 5.81. The van der Waals surface area contributed by atoms with Crippen molar-refractivity contribution in [2.24, 2.45) is 5.92 Å². The summed E-state index contributed by atoms with van der Waals surface area (Å²) >= 11 is 0. The van der Waals surface area contributed by atoms with Crippen molar-refractivity contribution in [3.05, 3.63) is 0 Å². The molecule has 1 heterocycles. The fourth-order valence-electron chi connectivity index (χ4n) is 2.51. The van der Waals surface area contributed by atoms with Gasteiger partial charge in [0.1, 0.15) is 0 Å². The van der Waals surface area contributed by atoms with Crippen LogP contribution in [0, 0.1) is 5.92 Å². The first-order valence-electron chi connectivity index (χ1n) is 6.04. The zero-order valence-corrected chi connectivity index (χ0v) is 11.0. The average Bonchev–Trinajstić information content (AvgIpc) is 2.26. The van der Waals surface area contributed by atoms with Crippen LogP contribution < -0.4 is 0 Å².